The molecule has 1 fully saturated rings. The molecule has 3 rings (SSSR count). The first-order valence-electron chi connectivity index (χ1n) is 7.38. The highest BCUT2D eigenvalue weighted by molar-refractivity contribution is 5.94. The molecule has 0 radical (unpaired) electrons. The van der Waals surface area contributed by atoms with Gasteiger partial charge in [0.05, 0.1) is 0 Å². The summed E-state index contributed by atoms with van der Waals surface area (Å²) in [6.45, 7) is 4.31. The maximum atomic E-state index is 12.5. The van der Waals surface area contributed by atoms with Crippen LogP contribution >= 0.6 is 12.4 Å². The van der Waals surface area contributed by atoms with Crippen LogP contribution in [0.25, 0.3) is 0 Å². The van der Waals surface area contributed by atoms with Gasteiger partial charge in [-0.3, -0.25) is 4.79 Å². The molecular formula is C16H23ClN2O2. The van der Waals surface area contributed by atoms with Gasteiger partial charge in [-0.25, -0.2) is 0 Å². The van der Waals surface area contributed by atoms with Crippen LogP contribution in [0.5, 0.6) is 0 Å². The number of halogens is 1. The van der Waals surface area contributed by atoms with Crippen molar-refractivity contribution in [2.24, 2.45) is 5.92 Å². The molecule has 0 unspecified atom stereocenters. The zero-order valence-corrected chi connectivity index (χ0v) is 13.2. The van der Waals surface area contributed by atoms with Crippen molar-refractivity contribution in [2.75, 3.05) is 26.8 Å². The lowest BCUT2D eigenvalue weighted by Gasteiger charge is -2.31. The van der Waals surface area contributed by atoms with Crippen LogP contribution in [0.15, 0.2) is 18.2 Å². The summed E-state index contributed by atoms with van der Waals surface area (Å²) in [4.78, 5) is 14.5. The number of likely N-dealkylation sites (tertiary alicyclic amines) is 1. The smallest absolute Gasteiger partial charge is 0.253 e. The molecule has 5 heteroatoms. The zero-order chi connectivity index (χ0) is 13.9. The van der Waals surface area contributed by atoms with E-state index in [0.717, 1.165) is 51.2 Å². The predicted octanol–water partition coefficient (Wildman–Crippen LogP) is 2.21. The predicted molar refractivity (Wildman–Crippen MR) is 84.7 cm³/mol. The fourth-order valence-corrected chi connectivity index (χ4v) is 3.15. The number of benzene rings is 1. The number of fused-ring (bicyclic) bond motifs is 1. The topological polar surface area (TPSA) is 41.6 Å². The monoisotopic (exact) mass is 310 g/mol. The van der Waals surface area contributed by atoms with Crippen LogP contribution in [-0.4, -0.2) is 37.6 Å². The number of rotatable bonds is 3. The van der Waals surface area contributed by atoms with Gasteiger partial charge >= 0.3 is 0 Å². The minimum absolute atomic E-state index is 0. The van der Waals surface area contributed by atoms with Crippen LogP contribution in [0.2, 0.25) is 0 Å². The summed E-state index contributed by atoms with van der Waals surface area (Å²) < 4.78 is 5.20. The maximum Gasteiger partial charge on any atom is 0.253 e. The number of carbonyl (C=O) groups excluding carboxylic acids is 1. The van der Waals surface area contributed by atoms with Gasteiger partial charge in [0, 0.05) is 45.5 Å². The third kappa shape index (κ3) is 3.57. The van der Waals surface area contributed by atoms with Crippen LogP contribution in [0.3, 0.4) is 0 Å². The quantitative estimate of drug-likeness (QED) is 0.930. The molecule has 2 aliphatic rings. The Morgan fingerprint density at radius 2 is 2.00 bits per heavy atom. The SMILES string of the molecule is COCC1CCN(C(=O)c2ccc3c(c2)CNC3)CC1.Cl. The number of nitrogens with zero attached hydrogens (tertiary/aromatic N) is 1. The zero-order valence-electron chi connectivity index (χ0n) is 12.4. The fourth-order valence-electron chi connectivity index (χ4n) is 3.15. The maximum absolute atomic E-state index is 12.5. The molecule has 0 aromatic heterocycles. The Kier molecular flexibility index (Phi) is 5.62. The van der Waals surface area contributed by atoms with Gasteiger partial charge in [0.25, 0.3) is 5.91 Å². The van der Waals surface area contributed by atoms with E-state index in [2.05, 4.69) is 17.4 Å². The van der Waals surface area contributed by atoms with Crippen molar-refractivity contribution in [3.8, 4) is 0 Å². The van der Waals surface area contributed by atoms with Gasteiger partial charge in [-0.15, -0.1) is 12.4 Å². The summed E-state index contributed by atoms with van der Waals surface area (Å²) in [5.41, 5.74) is 3.42. The molecule has 0 bridgehead atoms. The van der Waals surface area contributed by atoms with Crippen LogP contribution in [-0.2, 0) is 17.8 Å². The molecule has 1 saturated heterocycles. The second-order valence-corrected chi connectivity index (χ2v) is 5.78. The largest absolute Gasteiger partial charge is 0.384 e. The van der Waals surface area contributed by atoms with Crippen molar-refractivity contribution in [3.05, 3.63) is 34.9 Å². The number of methoxy groups -OCH3 is 1. The van der Waals surface area contributed by atoms with Crippen LogP contribution in [0.1, 0.15) is 34.3 Å². The Morgan fingerprint density at radius 3 is 2.71 bits per heavy atom. The minimum atomic E-state index is 0. The number of amides is 1. The van der Waals surface area contributed by atoms with Crippen LogP contribution in [0, 0.1) is 5.92 Å². The van der Waals surface area contributed by atoms with E-state index >= 15 is 0 Å². The van der Waals surface area contributed by atoms with Crippen molar-refractivity contribution >= 4 is 18.3 Å². The minimum Gasteiger partial charge on any atom is -0.384 e. The van der Waals surface area contributed by atoms with E-state index in [1.807, 2.05) is 11.0 Å². The number of ether oxygens (including phenoxy) is 1. The van der Waals surface area contributed by atoms with Gasteiger partial charge < -0.3 is 15.0 Å². The highest BCUT2D eigenvalue weighted by Crippen LogP contribution is 2.22. The molecule has 0 aliphatic carbocycles. The Labute approximate surface area is 132 Å². The Morgan fingerprint density at radius 1 is 1.29 bits per heavy atom. The van der Waals surface area contributed by atoms with Gasteiger partial charge in [0.1, 0.15) is 0 Å². The molecule has 1 N–H and O–H groups in total. The molecule has 2 aliphatic heterocycles. The number of hydrogen-bond acceptors (Lipinski definition) is 3. The lowest BCUT2D eigenvalue weighted by Crippen LogP contribution is -2.39. The van der Waals surface area contributed by atoms with Crippen molar-refractivity contribution in [2.45, 2.75) is 25.9 Å². The first-order valence-corrected chi connectivity index (χ1v) is 7.38. The van der Waals surface area contributed by atoms with Crippen molar-refractivity contribution in [3.63, 3.8) is 0 Å². The van der Waals surface area contributed by atoms with E-state index in [0.29, 0.717) is 5.92 Å². The fraction of sp³-hybridized carbons (Fsp3) is 0.562. The van der Waals surface area contributed by atoms with Crippen molar-refractivity contribution in [1.82, 2.24) is 10.2 Å². The van der Waals surface area contributed by atoms with E-state index in [4.69, 9.17) is 4.74 Å². The molecule has 1 aromatic rings. The normalized spacial score (nSPS) is 18.2. The molecular weight excluding hydrogens is 288 g/mol. The number of piperidine rings is 1. The van der Waals surface area contributed by atoms with Gasteiger partial charge in [-0.1, -0.05) is 6.07 Å². The molecule has 2 heterocycles. The molecule has 116 valence electrons. The highest BCUT2D eigenvalue weighted by Gasteiger charge is 2.24. The van der Waals surface area contributed by atoms with Gasteiger partial charge in [-0.05, 0) is 42.0 Å². The molecule has 4 nitrogen and oxygen atoms in total. The number of carbonyl (C=O) groups is 1. The molecule has 0 atom stereocenters. The summed E-state index contributed by atoms with van der Waals surface area (Å²) in [6.07, 6.45) is 2.10. The Bertz CT molecular complexity index is 499. The summed E-state index contributed by atoms with van der Waals surface area (Å²) in [5.74, 6) is 0.781. The second kappa shape index (κ2) is 7.25. The Balaban J connectivity index is 0.00000161. The second-order valence-electron chi connectivity index (χ2n) is 5.78. The molecule has 0 spiro atoms. The van der Waals surface area contributed by atoms with E-state index in [1.165, 1.54) is 11.1 Å². The molecule has 1 amide bonds. The van der Waals surface area contributed by atoms with Gasteiger partial charge in [0.2, 0.25) is 0 Å². The summed E-state index contributed by atoms with van der Waals surface area (Å²) >= 11 is 0. The Hall–Kier alpha value is -1.10. The molecule has 21 heavy (non-hydrogen) atoms. The number of hydrogen-bond donors (Lipinski definition) is 1. The van der Waals surface area contributed by atoms with Crippen molar-refractivity contribution in [1.29, 1.82) is 0 Å². The average molecular weight is 311 g/mol. The first-order chi connectivity index (χ1) is 9.78. The summed E-state index contributed by atoms with van der Waals surface area (Å²) in [5, 5.41) is 3.31. The van der Waals surface area contributed by atoms with E-state index in [-0.39, 0.29) is 18.3 Å². The third-order valence-corrected chi connectivity index (χ3v) is 4.39. The van der Waals surface area contributed by atoms with E-state index in [1.54, 1.807) is 7.11 Å². The first kappa shape index (κ1) is 16.3. The highest BCUT2D eigenvalue weighted by atomic mass is 35.5. The van der Waals surface area contributed by atoms with E-state index < -0.39 is 0 Å². The summed E-state index contributed by atoms with van der Waals surface area (Å²) in [6, 6.07) is 6.11. The standard InChI is InChI=1S/C16H22N2O2.ClH/c1-20-11-12-4-6-18(7-5-12)16(19)13-2-3-14-9-17-10-15(14)8-13;/h2-3,8,12,17H,4-7,9-11H2,1H3;1H. The van der Waals surface area contributed by atoms with Gasteiger partial charge in [0.15, 0.2) is 0 Å². The van der Waals surface area contributed by atoms with Crippen LogP contribution < -0.4 is 5.32 Å². The van der Waals surface area contributed by atoms with E-state index in [9.17, 15) is 4.79 Å². The molecule has 0 saturated carbocycles. The van der Waals surface area contributed by atoms with Gasteiger partial charge in [-0.2, -0.15) is 0 Å². The lowest BCUT2D eigenvalue weighted by molar-refractivity contribution is 0.0613. The lowest BCUT2D eigenvalue weighted by atomic mass is 9.97. The average Bonchev–Trinajstić information content (AvgIpc) is 2.95. The van der Waals surface area contributed by atoms with Crippen LogP contribution in [0.4, 0.5) is 0 Å². The third-order valence-electron chi connectivity index (χ3n) is 4.39. The van der Waals surface area contributed by atoms with Crippen molar-refractivity contribution < 1.29 is 9.53 Å². The summed E-state index contributed by atoms with van der Waals surface area (Å²) in [7, 11) is 1.75. The molecule has 1 aromatic carbocycles. The number of nitrogens with one attached hydrogen (secondary N) is 1.